The van der Waals surface area contributed by atoms with Gasteiger partial charge in [-0.25, -0.2) is 0 Å². The molecule has 2 N–H and O–H groups in total. The summed E-state index contributed by atoms with van der Waals surface area (Å²) in [7, 11) is 0. The van der Waals surface area contributed by atoms with Gasteiger partial charge in [0, 0.05) is 26.2 Å². The minimum atomic E-state index is 0.568. The third-order valence-electron chi connectivity index (χ3n) is 3.84. The van der Waals surface area contributed by atoms with E-state index in [0.717, 1.165) is 49.2 Å². The summed E-state index contributed by atoms with van der Waals surface area (Å²) < 4.78 is 23.3. The van der Waals surface area contributed by atoms with Crippen LogP contribution in [0.25, 0.3) is 0 Å². The fourth-order valence-corrected chi connectivity index (χ4v) is 2.56. The highest BCUT2D eigenvalue weighted by molar-refractivity contribution is 5.40. The molecule has 0 saturated heterocycles. The van der Waals surface area contributed by atoms with Gasteiger partial charge in [0.1, 0.15) is 26.4 Å². The van der Waals surface area contributed by atoms with Crippen LogP contribution in [0.5, 0.6) is 23.0 Å². The zero-order valence-corrected chi connectivity index (χ0v) is 14.9. The predicted molar refractivity (Wildman–Crippen MR) is 101 cm³/mol. The summed E-state index contributed by atoms with van der Waals surface area (Å²) in [5.74, 6) is 3.07. The topological polar surface area (TPSA) is 61.0 Å². The van der Waals surface area contributed by atoms with E-state index in [1.54, 1.807) is 0 Å². The highest BCUT2D eigenvalue weighted by Gasteiger charge is 2.06. The Hall–Kier alpha value is -2.44. The molecule has 1 heterocycles. The maximum Gasteiger partial charge on any atom is 0.161 e. The monoisotopic (exact) mass is 358 g/mol. The van der Waals surface area contributed by atoms with Crippen LogP contribution < -0.4 is 29.6 Å². The summed E-state index contributed by atoms with van der Waals surface area (Å²) in [5.41, 5.74) is 0. The highest BCUT2D eigenvalue weighted by Crippen LogP contribution is 2.27. The fraction of sp³-hybridized carbons (Fsp3) is 0.400. The molecule has 1 aliphatic rings. The lowest BCUT2D eigenvalue weighted by Crippen LogP contribution is -2.27. The molecule has 0 unspecified atom stereocenters. The Morgan fingerprint density at radius 1 is 0.462 bits per heavy atom. The van der Waals surface area contributed by atoms with Crippen LogP contribution in [-0.2, 0) is 0 Å². The van der Waals surface area contributed by atoms with E-state index in [-0.39, 0.29) is 0 Å². The van der Waals surface area contributed by atoms with E-state index in [0.29, 0.717) is 26.4 Å². The van der Waals surface area contributed by atoms with Gasteiger partial charge in [0.25, 0.3) is 0 Å². The van der Waals surface area contributed by atoms with Crippen molar-refractivity contribution in [1.82, 2.24) is 10.6 Å². The molecule has 140 valence electrons. The first kappa shape index (κ1) is 18.4. The van der Waals surface area contributed by atoms with E-state index in [4.69, 9.17) is 18.9 Å². The van der Waals surface area contributed by atoms with Crippen LogP contribution in [0, 0.1) is 0 Å². The minimum absolute atomic E-state index is 0.568. The van der Waals surface area contributed by atoms with Crippen molar-refractivity contribution in [2.45, 2.75) is 0 Å². The average Bonchev–Trinajstić information content (AvgIpc) is 2.68. The van der Waals surface area contributed by atoms with Gasteiger partial charge in [0.05, 0.1) is 0 Å². The third kappa shape index (κ3) is 5.82. The van der Waals surface area contributed by atoms with Crippen molar-refractivity contribution in [2.75, 3.05) is 52.6 Å². The van der Waals surface area contributed by atoms with Gasteiger partial charge in [0.15, 0.2) is 23.0 Å². The van der Waals surface area contributed by atoms with E-state index in [2.05, 4.69) is 10.6 Å². The molecular formula is C20H26N2O4. The molecular weight excluding hydrogens is 332 g/mol. The molecule has 6 nitrogen and oxygen atoms in total. The molecule has 2 aromatic carbocycles. The summed E-state index contributed by atoms with van der Waals surface area (Å²) in [6.45, 7) is 5.21. The molecule has 0 amide bonds. The highest BCUT2D eigenvalue weighted by atomic mass is 16.5. The summed E-state index contributed by atoms with van der Waals surface area (Å²) in [4.78, 5) is 0. The van der Waals surface area contributed by atoms with Crippen LogP contribution in [0.1, 0.15) is 0 Å². The largest absolute Gasteiger partial charge is 0.488 e. The second-order valence-corrected chi connectivity index (χ2v) is 5.79. The average molecular weight is 358 g/mol. The van der Waals surface area contributed by atoms with Crippen LogP contribution in [0.15, 0.2) is 48.5 Å². The first-order valence-corrected chi connectivity index (χ1v) is 9.04. The van der Waals surface area contributed by atoms with Crippen molar-refractivity contribution in [3.8, 4) is 23.0 Å². The van der Waals surface area contributed by atoms with Crippen molar-refractivity contribution in [2.24, 2.45) is 0 Å². The van der Waals surface area contributed by atoms with Gasteiger partial charge in [-0.2, -0.15) is 0 Å². The second kappa shape index (κ2) is 10.5. The molecule has 6 heteroatoms. The quantitative estimate of drug-likeness (QED) is 0.752. The molecule has 0 aliphatic carbocycles. The van der Waals surface area contributed by atoms with Crippen LogP contribution in [0.3, 0.4) is 0 Å². The Bertz CT molecular complexity index is 554. The maximum absolute atomic E-state index is 5.82. The number of hydrogen-bond acceptors (Lipinski definition) is 6. The number of fused-ring (bicyclic) bond motifs is 2. The number of para-hydroxylation sites is 4. The summed E-state index contributed by atoms with van der Waals surface area (Å²) in [5, 5.41) is 6.62. The van der Waals surface area contributed by atoms with E-state index >= 15 is 0 Å². The van der Waals surface area contributed by atoms with Crippen molar-refractivity contribution in [1.29, 1.82) is 0 Å². The number of nitrogens with one attached hydrogen (secondary N) is 2. The molecule has 26 heavy (non-hydrogen) atoms. The van der Waals surface area contributed by atoms with E-state index in [1.807, 2.05) is 48.5 Å². The van der Waals surface area contributed by atoms with Crippen LogP contribution in [0.2, 0.25) is 0 Å². The lowest BCUT2D eigenvalue weighted by atomic mass is 10.3. The molecule has 0 aromatic heterocycles. The Morgan fingerprint density at radius 2 is 0.731 bits per heavy atom. The molecule has 0 bridgehead atoms. The normalized spacial score (nSPS) is 16.9. The smallest absolute Gasteiger partial charge is 0.161 e. The number of benzene rings is 2. The zero-order chi connectivity index (χ0) is 17.9. The SMILES string of the molecule is c1ccc2c(c1)OCCNCCOc1ccccc1OCCNCCO2. The number of hydrogen-bond donors (Lipinski definition) is 2. The molecule has 0 fully saturated rings. The van der Waals surface area contributed by atoms with Crippen LogP contribution in [0.4, 0.5) is 0 Å². The van der Waals surface area contributed by atoms with Crippen LogP contribution in [-0.4, -0.2) is 52.6 Å². The number of rotatable bonds is 0. The van der Waals surface area contributed by atoms with E-state index in [1.165, 1.54) is 0 Å². The van der Waals surface area contributed by atoms with Crippen molar-refractivity contribution < 1.29 is 18.9 Å². The standard InChI is InChI=1S/C20H26N2O4/c1-2-6-18-17(5-1)23-13-9-21-11-15-25-19-7-3-4-8-20(19)26-16-12-22-10-14-24-18/h1-8,21-22H,9-16H2. The fourth-order valence-electron chi connectivity index (χ4n) is 2.56. The van der Waals surface area contributed by atoms with Gasteiger partial charge < -0.3 is 29.6 Å². The van der Waals surface area contributed by atoms with Gasteiger partial charge in [0.2, 0.25) is 0 Å². The van der Waals surface area contributed by atoms with Gasteiger partial charge in [-0.15, -0.1) is 0 Å². The van der Waals surface area contributed by atoms with Gasteiger partial charge >= 0.3 is 0 Å². The van der Waals surface area contributed by atoms with Crippen molar-refractivity contribution in [3.63, 3.8) is 0 Å². The molecule has 0 atom stereocenters. The molecule has 3 rings (SSSR count). The Morgan fingerprint density at radius 3 is 1.00 bits per heavy atom. The van der Waals surface area contributed by atoms with Gasteiger partial charge in [-0.3, -0.25) is 0 Å². The van der Waals surface area contributed by atoms with Gasteiger partial charge in [-0.1, -0.05) is 24.3 Å². The van der Waals surface area contributed by atoms with E-state index < -0.39 is 0 Å². The Balaban J connectivity index is 1.56. The lowest BCUT2D eigenvalue weighted by molar-refractivity contribution is 0.245. The molecule has 1 aliphatic heterocycles. The van der Waals surface area contributed by atoms with Gasteiger partial charge in [-0.05, 0) is 24.3 Å². The number of ether oxygens (including phenoxy) is 4. The minimum Gasteiger partial charge on any atom is -0.488 e. The third-order valence-corrected chi connectivity index (χ3v) is 3.84. The van der Waals surface area contributed by atoms with Crippen molar-refractivity contribution in [3.05, 3.63) is 48.5 Å². The Kier molecular flexibility index (Phi) is 7.43. The first-order valence-electron chi connectivity index (χ1n) is 9.04. The molecule has 0 radical (unpaired) electrons. The molecule has 0 saturated carbocycles. The second-order valence-electron chi connectivity index (χ2n) is 5.79. The Labute approximate surface area is 154 Å². The summed E-state index contributed by atoms with van der Waals surface area (Å²) >= 11 is 0. The zero-order valence-electron chi connectivity index (χ0n) is 14.9. The summed E-state index contributed by atoms with van der Waals surface area (Å²) in [6, 6.07) is 15.5. The molecule has 0 spiro atoms. The molecule has 2 aromatic rings. The predicted octanol–water partition coefficient (Wildman–Crippen LogP) is 2.09. The lowest BCUT2D eigenvalue weighted by Gasteiger charge is -2.15. The van der Waals surface area contributed by atoms with E-state index in [9.17, 15) is 0 Å². The van der Waals surface area contributed by atoms with Crippen molar-refractivity contribution >= 4 is 0 Å². The first-order chi connectivity index (χ1) is 12.9. The van der Waals surface area contributed by atoms with Crippen LogP contribution >= 0.6 is 0 Å². The maximum atomic E-state index is 5.82. The summed E-state index contributed by atoms with van der Waals surface area (Å²) in [6.07, 6.45) is 0.